The minimum absolute atomic E-state index is 0.139. The average Bonchev–Trinajstić information content (AvgIpc) is 2.16. The molecule has 0 aromatic rings. The number of carbonyl (C=O) groups is 2. The van der Waals surface area contributed by atoms with Crippen molar-refractivity contribution in [1.29, 1.82) is 0 Å². The van der Waals surface area contributed by atoms with Crippen molar-refractivity contribution in [1.82, 2.24) is 0 Å². The van der Waals surface area contributed by atoms with Gasteiger partial charge >= 0.3 is 5.97 Å². The van der Waals surface area contributed by atoms with Crippen LogP contribution in [0.1, 0.15) is 41.5 Å². The second-order valence-electron chi connectivity index (χ2n) is 4.05. The molecule has 0 aromatic carbocycles. The van der Waals surface area contributed by atoms with E-state index in [0.29, 0.717) is 0 Å². The predicted octanol–water partition coefficient (Wildman–Crippen LogP) is -0.206. The van der Waals surface area contributed by atoms with Crippen molar-refractivity contribution in [2.45, 2.75) is 59.9 Å². The molecule has 0 aromatic heterocycles. The Labute approximate surface area is 114 Å². The van der Waals surface area contributed by atoms with Gasteiger partial charge in [-0.3, -0.25) is 0 Å². The van der Waals surface area contributed by atoms with E-state index >= 15 is 0 Å². The maximum atomic E-state index is 9.45. The van der Waals surface area contributed by atoms with Crippen LogP contribution in [0.5, 0.6) is 0 Å². The summed E-state index contributed by atoms with van der Waals surface area (Å²) in [5.74, 6) is -1.02. The van der Waals surface area contributed by atoms with Gasteiger partial charge in [-0.05, 0) is 41.5 Å². The molecular formula is C12H28O7. The van der Waals surface area contributed by atoms with E-state index in [4.69, 9.17) is 25.5 Å². The van der Waals surface area contributed by atoms with Gasteiger partial charge in [0.2, 0.25) is 0 Å². The fraction of sp³-hybridized carbons (Fsp3) is 0.833. The van der Waals surface area contributed by atoms with E-state index in [1.54, 1.807) is 13.8 Å². The summed E-state index contributed by atoms with van der Waals surface area (Å²) in [6.07, 6.45) is -1.96. The van der Waals surface area contributed by atoms with Gasteiger partial charge in [0.15, 0.2) is 0 Å². The molecule has 0 heterocycles. The molecule has 2 atom stereocenters. The highest BCUT2D eigenvalue weighted by molar-refractivity contribution is 5.72. The summed E-state index contributed by atoms with van der Waals surface area (Å²) in [5.41, 5.74) is 0. The summed E-state index contributed by atoms with van der Waals surface area (Å²) < 4.78 is 0. The molecule has 0 spiro atoms. The number of rotatable bonds is 2. The van der Waals surface area contributed by atoms with E-state index in [-0.39, 0.29) is 18.5 Å². The Morgan fingerprint density at radius 3 is 1.05 bits per heavy atom. The SMILES string of the molecule is CC(C)=O.CC(C)O.CC(O)C(=O)O.CC(O)CO. The zero-order chi connectivity index (χ0) is 16.6. The first-order valence-electron chi connectivity index (χ1n) is 5.73. The number of Topliss-reactive ketones (excluding diaryl/α,β-unsaturated/α-hetero) is 1. The van der Waals surface area contributed by atoms with Gasteiger partial charge in [0.25, 0.3) is 0 Å². The first kappa shape index (κ1) is 26.5. The van der Waals surface area contributed by atoms with Crippen LogP contribution in [-0.2, 0) is 9.59 Å². The highest BCUT2D eigenvalue weighted by atomic mass is 16.4. The summed E-state index contributed by atoms with van der Waals surface area (Å²) in [7, 11) is 0. The molecule has 0 rings (SSSR count). The summed E-state index contributed by atoms with van der Waals surface area (Å²) in [4.78, 5) is 18.9. The van der Waals surface area contributed by atoms with E-state index in [1.165, 1.54) is 27.7 Å². The first-order chi connectivity index (χ1) is 8.38. The van der Waals surface area contributed by atoms with Crippen molar-refractivity contribution in [2.24, 2.45) is 0 Å². The van der Waals surface area contributed by atoms with Crippen LogP contribution in [-0.4, -0.2) is 62.2 Å². The Balaban J connectivity index is -0.0000000803. The highest BCUT2D eigenvalue weighted by Gasteiger charge is 2.01. The number of aliphatic hydroxyl groups is 4. The molecule has 0 saturated carbocycles. The van der Waals surface area contributed by atoms with E-state index in [1.807, 2.05) is 0 Å². The Kier molecular flexibility index (Phi) is 27.0. The maximum absolute atomic E-state index is 9.45. The van der Waals surface area contributed by atoms with Crippen LogP contribution in [0.25, 0.3) is 0 Å². The molecule has 0 aliphatic carbocycles. The standard InChI is InChI=1S/C3H6O3.C3H8O2.C3H8O.C3H6O/c1-2(4)3(5)6;1-3(5)2-4;2*1-3(2)4/h2,4H,1H3,(H,5,6);3-5H,2H2,1H3;3-4H,1-2H3;1-2H3. The normalized spacial score (nSPS) is 11.5. The third-order valence-electron chi connectivity index (χ3n) is 0.622. The Hall–Kier alpha value is -1.02. The molecule has 2 unspecified atom stereocenters. The number of aliphatic hydroxyl groups excluding tert-OH is 4. The van der Waals surface area contributed by atoms with Crippen LogP contribution < -0.4 is 0 Å². The number of carbonyl (C=O) groups excluding carboxylic acids is 1. The van der Waals surface area contributed by atoms with Crippen LogP contribution in [0, 0.1) is 0 Å². The number of hydrogen-bond acceptors (Lipinski definition) is 6. The summed E-state index contributed by atoms with van der Waals surface area (Å²) in [5, 5.41) is 39.8. The molecule has 0 fully saturated rings. The molecule has 118 valence electrons. The average molecular weight is 284 g/mol. The van der Waals surface area contributed by atoms with Crippen molar-refractivity contribution >= 4 is 11.8 Å². The number of aliphatic carboxylic acids is 1. The van der Waals surface area contributed by atoms with Crippen molar-refractivity contribution in [3.63, 3.8) is 0 Å². The zero-order valence-electron chi connectivity index (χ0n) is 12.5. The molecule has 7 nitrogen and oxygen atoms in total. The molecule has 0 bridgehead atoms. The van der Waals surface area contributed by atoms with Gasteiger partial charge in [-0.2, -0.15) is 0 Å². The highest BCUT2D eigenvalue weighted by Crippen LogP contribution is 1.73. The second-order valence-corrected chi connectivity index (χ2v) is 4.05. The lowest BCUT2D eigenvalue weighted by Gasteiger charge is -1.90. The second kappa shape index (κ2) is 19.3. The van der Waals surface area contributed by atoms with Gasteiger partial charge in [-0.1, -0.05) is 0 Å². The van der Waals surface area contributed by atoms with Gasteiger partial charge < -0.3 is 30.3 Å². The zero-order valence-corrected chi connectivity index (χ0v) is 12.5. The first-order valence-corrected chi connectivity index (χ1v) is 5.73. The predicted molar refractivity (Wildman–Crippen MR) is 71.8 cm³/mol. The molecule has 19 heavy (non-hydrogen) atoms. The van der Waals surface area contributed by atoms with Crippen molar-refractivity contribution in [3.8, 4) is 0 Å². The molecule has 0 aliphatic rings. The summed E-state index contributed by atoms with van der Waals surface area (Å²) in [6.45, 7) is 9.09. The molecule has 0 aliphatic heterocycles. The fourth-order valence-electron chi connectivity index (χ4n) is 0. The van der Waals surface area contributed by atoms with E-state index < -0.39 is 18.2 Å². The molecule has 0 amide bonds. The molecular weight excluding hydrogens is 256 g/mol. The van der Waals surface area contributed by atoms with Crippen LogP contribution in [0.4, 0.5) is 0 Å². The van der Waals surface area contributed by atoms with Crippen molar-refractivity contribution < 1.29 is 35.1 Å². The lowest BCUT2D eigenvalue weighted by atomic mass is 10.4. The van der Waals surface area contributed by atoms with E-state index in [9.17, 15) is 9.59 Å². The van der Waals surface area contributed by atoms with E-state index in [2.05, 4.69) is 0 Å². The lowest BCUT2D eigenvalue weighted by Crippen LogP contribution is -2.13. The monoisotopic (exact) mass is 284 g/mol. The van der Waals surface area contributed by atoms with Crippen LogP contribution in [0.15, 0.2) is 0 Å². The quantitative estimate of drug-likeness (QED) is 0.473. The molecule has 7 heteroatoms. The Morgan fingerprint density at radius 2 is 1.05 bits per heavy atom. The summed E-state index contributed by atoms with van der Waals surface area (Å²) >= 11 is 0. The number of carboxylic acid groups (broad SMARTS) is 1. The van der Waals surface area contributed by atoms with Crippen molar-refractivity contribution in [3.05, 3.63) is 0 Å². The summed E-state index contributed by atoms with van der Waals surface area (Å²) in [6, 6.07) is 0. The number of ketones is 1. The maximum Gasteiger partial charge on any atom is 0.332 e. The van der Waals surface area contributed by atoms with Crippen LogP contribution in [0.3, 0.4) is 0 Å². The molecule has 0 saturated heterocycles. The third-order valence-corrected chi connectivity index (χ3v) is 0.622. The fourth-order valence-corrected chi connectivity index (χ4v) is 0. The Bertz CT molecular complexity index is 193. The number of carboxylic acids is 1. The van der Waals surface area contributed by atoms with Crippen molar-refractivity contribution in [2.75, 3.05) is 6.61 Å². The minimum Gasteiger partial charge on any atom is -0.479 e. The minimum atomic E-state index is -1.23. The van der Waals surface area contributed by atoms with E-state index in [0.717, 1.165) is 0 Å². The smallest absolute Gasteiger partial charge is 0.332 e. The van der Waals surface area contributed by atoms with Gasteiger partial charge in [0.1, 0.15) is 11.9 Å². The lowest BCUT2D eigenvalue weighted by molar-refractivity contribution is -0.145. The van der Waals surface area contributed by atoms with Crippen LogP contribution in [0.2, 0.25) is 0 Å². The van der Waals surface area contributed by atoms with Gasteiger partial charge in [-0.25, -0.2) is 4.79 Å². The van der Waals surface area contributed by atoms with Crippen LogP contribution >= 0.6 is 0 Å². The van der Waals surface area contributed by atoms with Gasteiger partial charge in [-0.15, -0.1) is 0 Å². The van der Waals surface area contributed by atoms with Gasteiger partial charge in [0, 0.05) is 6.10 Å². The van der Waals surface area contributed by atoms with Gasteiger partial charge in [0.05, 0.1) is 12.7 Å². The Morgan fingerprint density at radius 1 is 0.947 bits per heavy atom. The largest absolute Gasteiger partial charge is 0.479 e. The third kappa shape index (κ3) is 154. The topological polar surface area (TPSA) is 135 Å². The molecule has 5 N–H and O–H groups in total. The number of hydrogen-bond donors (Lipinski definition) is 5. The molecule has 0 radical (unpaired) electrons.